The molecule has 2 fully saturated rings. The molecule has 2 heteroatoms. The van der Waals surface area contributed by atoms with Gasteiger partial charge in [0.1, 0.15) is 0 Å². The molecule has 2 N–H and O–H groups in total. The minimum Gasteiger partial charge on any atom is -0.381 e. The summed E-state index contributed by atoms with van der Waals surface area (Å²) in [6.07, 6.45) is 13.5. The van der Waals surface area contributed by atoms with Gasteiger partial charge in [0.2, 0.25) is 0 Å². The standard InChI is InChI=1S/C22H30N2/c1-3-10-18(11-4-1)23-21-16-15-17-9-7-8-14-20(17)22(21)24-19-12-5-2-6-13-19/h7-9,14-16,18-19,23-24H,1-6,10-13H2. The Morgan fingerprint density at radius 1 is 0.625 bits per heavy atom. The smallest absolute Gasteiger partial charge is 0.0657 e. The number of hydrogen-bond donors (Lipinski definition) is 2. The van der Waals surface area contributed by atoms with E-state index in [0.717, 1.165) is 0 Å². The van der Waals surface area contributed by atoms with Gasteiger partial charge in [0, 0.05) is 17.5 Å². The Balaban J connectivity index is 1.64. The van der Waals surface area contributed by atoms with Gasteiger partial charge in [0.15, 0.2) is 0 Å². The summed E-state index contributed by atoms with van der Waals surface area (Å²) in [5.41, 5.74) is 2.65. The molecule has 2 aliphatic rings. The lowest BCUT2D eigenvalue weighted by Gasteiger charge is -2.29. The van der Waals surface area contributed by atoms with Gasteiger partial charge in [-0.2, -0.15) is 0 Å². The van der Waals surface area contributed by atoms with E-state index in [4.69, 9.17) is 0 Å². The first kappa shape index (κ1) is 15.8. The summed E-state index contributed by atoms with van der Waals surface area (Å²) in [5.74, 6) is 0. The highest BCUT2D eigenvalue weighted by Crippen LogP contribution is 2.35. The van der Waals surface area contributed by atoms with Crippen molar-refractivity contribution >= 4 is 22.1 Å². The molecule has 2 aromatic rings. The van der Waals surface area contributed by atoms with Gasteiger partial charge in [-0.15, -0.1) is 0 Å². The van der Waals surface area contributed by atoms with Gasteiger partial charge < -0.3 is 10.6 Å². The summed E-state index contributed by atoms with van der Waals surface area (Å²) in [4.78, 5) is 0. The molecule has 2 aromatic carbocycles. The van der Waals surface area contributed by atoms with E-state index in [-0.39, 0.29) is 0 Å². The molecule has 2 nitrogen and oxygen atoms in total. The molecular weight excluding hydrogens is 292 g/mol. The average molecular weight is 322 g/mol. The number of nitrogens with one attached hydrogen (secondary N) is 2. The monoisotopic (exact) mass is 322 g/mol. The average Bonchev–Trinajstić information content (AvgIpc) is 2.65. The van der Waals surface area contributed by atoms with Gasteiger partial charge in [0.25, 0.3) is 0 Å². The third-order valence-corrected chi connectivity index (χ3v) is 5.85. The third kappa shape index (κ3) is 3.53. The number of benzene rings is 2. The molecule has 128 valence electrons. The zero-order chi connectivity index (χ0) is 16.2. The fraction of sp³-hybridized carbons (Fsp3) is 0.545. The Morgan fingerprint density at radius 2 is 1.25 bits per heavy atom. The van der Waals surface area contributed by atoms with E-state index in [9.17, 15) is 0 Å². The van der Waals surface area contributed by atoms with Crippen molar-refractivity contribution in [3.63, 3.8) is 0 Å². The Bertz CT molecular complexity index is 667. The first-order valence-corrected chi connectivity index (χ1v) is 9.95. The Morgan fingerprint density at radius 3 is 1.96 bits per heavy atom. The van der Waals surface area contributed by atoms with Gasteiger partial charge in [-0.25, -0.2) is 0 Å². The van der Waals surface area contributed by atoms with Crippen LogP contribution in [-0.4, -0.2) is 12.1 Å². The fourth-order valence-corrected chi connectivity index (χ4v) is 4.47. The number of anilines is 2. The molecule has 0 atom stereocenters. The van der Waals surface area contributed by atoms with E-state index in [1.807, 2.05) is 0 Å². The minimum atomic E-state index is 0.636. The lowest BCUT2D eigenvalue weighted by Crippen LogP contribution is -2.26. The fourth-order valence-electron chi connectivity index (χ4n) is 4.47. The SMILES string of the molecule is c1ccc2c(NC3CCCCC3)c(NC3CCCCC3)ccc2c1. The van der Waals surface area contributed by atoms with E-state index in [1.54, 1.807) is 0 Å². The molecule has 2 saturated carbocycles. The summed E-state index contributed by atoms with van der Waals surface area (Å²) in [6, 6.07) is 14.6. The van der Waals surface area contributed by atoms with Crippen LogP contribution in [0.15, 0.2) is 36.4 Å². The van der Waals surface area contributed by atoms with E-state index in [1.165, 1.54) is 86.4 Å². The lowest BCUT2D eigenvalue weighted by atomic mass is 9.93. The van der Waals surface area contributed by atoms with E-state index in [2.05, 4.69) is 47.0 Å². The van der Waals surface area contributed by atoms with Crippen LogP contribution in [0.5, 0.6) is 0 Å². The second-order valence-corrected chi connectivity index (χ2v) is 7.67. The van der Waals surface area contributed by atoms with Gasteiger partial charge in [-0.1, -0.05) is 68.9 Å². The maximum absolute atomic E-state index is 3.92. The molecule has 0 amide bonds. The summed E-state index contributed by atoms with van der Waals surface area (Å²) < 4.78 is 0. The summed E-state index contributed by atoms with van der Waals surface area (Å²) in [7, 11) is 0. The highest BCUT2D eigenvalue weighted by atomic mass is 15.0. The first-order valence-electron chi connectivity index (χ1n) is 9.95. The van der Waals surface area contributed by atoms with Gasteiger partial charge in [-0.05, 0) is 37.1 Å². The molecule has 4 rings (SSSR count). The van der Waals surface area contributed by atoms with Crippen molar-refractivity contribution in [2.24, 2.45) is 0 Å². The number of fused-ring (bicyclic) bond motifs is 1. The van der Waals surface area contributed by atoms with Crippen molar-refractivity contribution in [1.29, 1.82) is 0 Å². The number of rotatable bonds is 4. The molecule has 0 aromatic heterocycles. The van der Waals surface area contributed by atoms with Crippen LogP contribution in [0.25, 0.3) is 10.8 Å². The van der Waals surface area contributed by atoms with Crippen molar-refractivity contribution < 1.29 is 0 Å². The van der Waals surface area contributed by atoms with Crippen molar-refractivity contribution in [2.75, 3.05) is 10.6 Å². The van der Waals surface area contributed by atoms with Crippen LogP contribution in [0.2, 0.25) is 0 Å². The Labute approximate surface area is 146 Å². The normalized spacial score (nSPS) is 20.2. The van der Waals surface area contributed by atoms with Crippen LogP contribution in [0.4, 0.5) is 11.4 Å². The van der Waals surface area contributed by atoms with Crippen LogP contribution in [-0.2, 0) is 0 Å². The van der Waals surface area contributed by atoms with Gasteiger partial charge >= 0.3 is 0 Å². The van der Waals surface area contributed by atoms with Crippen molar-refractivity contribution in [2.45, 2.75) is 76.3 Å². The molecule has 0 heterocycles. The predicted molar refractivity (Wildman–Crippen MR) is 105 cm³/mol. The quantitative estimate of drug-likeness (QED) is 0.687. The van der Waals surface area contributed by atoms with Gasteiger partial charge in [-0.3, -0.25) is 0 Å². The van der Waals surface area contributed by atoms with Crippen molar-refractivity contribution in [1.82, 2.24) is 0 Å². The van der Waals surface area contributed by atoms with E-state index >= 15 is 0 Å². The Kier molecular flexibility index (Phi) is 4.91. The number of hydrogen-bond acceptors (Lipinski definition) is 2. The van der Waals surface area contributed by atoms with E-state index < -0.39 is 0 Å². The molecular formula is C22H30N2. The summed E-state index contributed by atoms with van der Waals surface area (Å²) in [6.45, 7) is 0. The van der Waals surface area contributed by atoms with Crippen molar-refractivity contribution in [3.8, 4) is 0 Å². The third-order valence-electron chi connectivity index (χ3n) is 5.85. The highest BCUT2D eigenvalue weighted by molar-refractivity contribution is 6.00. The molecule has 0 radical (unpaired) electrons. The summed E-state index contributed by atoms with van der Waals surface area (Å²) >= 11 is 0. The molecule has 0 saturated heterocycles. The maximum atomic E-state index is 3.92. The zero-order valence-electron chi connectivity index (χ0n) is 14.7. The topological polar surface area (TPSA) is 24.1 Å². The molecule has 24 heavy (non-hydrogen) atoms. The van der Waals surface area contributed by atoms with Gasteiger partial charge in [0.05, 0.1) is 11.4 Å². The largest absolute Gasteiger partial charge is 0.381 e. The molecule has 0 bridgehead atoms. The molecule has 2 aliphatic carbocycles. The lowest BCUT2D eigenvalue weighted by molar-refractivity contribution is 0.460. The molecule has 0 spiro atoms. The van der Waals surface area contributed by atoms with E-state index in [0.29, 0.717) is 12.1 Å². The first-order chi connectivity index (χ1) is 11.9. The second kappa shape index (κ2) is 7.46. The molecule has 0 aliphatic heterocycles. The minimum absolute atomic E-state index is 0.636. The predicted octanol–water partition coefficient (Wildman–Crippen LogP) is 6.33. The van der Waals surface area contributed by atoms with Crippen molar-refractivity contribution in [3.05, 3.63) is 36.4 Å². The van der Waals surface area contributed by atoms with Crippen LogP contribution >= 0.6 is 0 Å². The summed E-state index contributed by atoms with van der Waals surface area (Å²) in [5, 5.41) is 10.5. The van der Waals surface area contributed by atoms with Crippen LogP contribution in [0.1, 0.15) is 64.2 Å². The molecule has 0 unspecified atom stereocenters. The van der Waals surface area contributed by atoms with Crippen LogP contribution in [0, 0.1) is 0 Å². The zero-order valence-corrected chi connectivity index (χ0v) is 14.7. The Hall–Kier alpha value is -1.70. The van der Waals surface area contributed by atoms with Crippen LogP contribution in [0.3, 0.4) is 0 Å². The highest BCUT2D eigenvalue weighted by Gasteiger charge is 2.19. The maximum Gasteiger partial charge on any atom is 0.0657 e. The second-order valence-electron chi connectivity index (χ2n) is 7.67. The van der Waals surface area contributed by atoms with Crippen LogP contribution < -0.4 is 10.6 Å².